The number of carbonyl (C=O) groups excluding carboxylic acids is 2. The van der Waals surface area contributed by atoms with Gasteiger partial charge in [-0.15, -0.1) is 5.11 Å². The van der Waals surface area contributed by atoms with Crippen LogP contribution in [0.25, 0.3) is 11.1 Å². The van der Waals surface area contributed by atoms with Crippen LogP contribution in [0.5, 0.6) is 5.88 Å². The van der Waals surface area contributed by atoms with E-state index in [9.17, 15) is 24.8 Å². The molecule has 52 heavy (non-hydrogen) atoms. The van der Waals surface area contributed by atoms with Crippen molar-refractivity contribution in [3.63, 3.8) is 0 Å². The average molecular weight is 703 g/mol. The number of benzene rings is 3. The van der Waals surface area contributed by atoms with Gasteiger partial charge in [-0.2, -0.15) is 15.1 Å². The smallest absolute Gasteiger partial charge is 0.291 e. The summed E-state index contributed by atoms with van der Waals surface area (Å²) >= 11 is 0. The first kappa shape index (κ1) is 39.2. The highest BCUT2D eigenvalue weighted by atomic mass is 16.3. The summed E-state index contributed by atoms with van der Waals surface area (Å²) in [4.78, 5) is 42.5. The number of amides is 2. The second kappa shape index (κ2) is 19.7. The molecule has 0 bridgehead atoms. The highest BCUT2D eigenvalue weighted by molar-refractivity contribution is 6.00. The maximum atomic E-state index is 14.0. The normalized spacial score (nSPS) is 12.3. The van der Waals surface area contributed by atoms with Gasteiger partial charge in [-0.3, -0.25) is 19.8 Å². The first-order chi connectivity index (χ1) is 25.3. The molecule has 0 spiro atoms. The van der Waals surface area contributed by atoms with Gasteiger partial charge in [0.15, 0.2) is 5.69 Å². The van der Waals surface area contributed by atoms with Gasteiger partial charge in [-0.1, -0.05) is 115 Å². The van der Waals surface area contributed by atoms with Crippen molar-refractivity contribution in [3.05, 3.63) is 112 Å². The number of carbonyl (C=O) groups is 2. The number of hydrogen-bond donors (Lipinski definition) is 2. The van der Waals surface area contributed by atoms with E-state index in [1.54, 1.807) is 84.9 Å². The van der Waals surface area contributed by atoms with Crippen LogP contribution in [0.1, 0.15) is 105 Å². The quantitative estimate of drug-likeness (QED) is 0.0994. The average Bonchev–Trinajstić information content (AvgIpc) is 3.18. The molecule has 0 saturated carbocycles. The van der Waals surface area contributed by atoms with Crippen molar-refractivity contribution >= 4 is 23.2 Å². The number of aromatic hydroxyl groups is 1. The minimum Gasteiger partial charge on any atom is -0.492 e. The molecule has 3 aromatic carbocycles. The number of azo groups is 1. The van der Waals surface area contributed by atoms with Crippen molar-refractivity contribution in [1.29, 1.82) is 5.26 Å². The summed E-state index contributed by atoms with van der Waals surface area (Å²) < 4.78 is 0.610. The molecular formula is C42H50N6O4. The number of unbranched alkanes of at least 4 members (excludes halogenated alkanes) is 2. The van der Waals surface area contributed by atoms with Crippen molar-refractivity contribution in [3.8, 4) is 23.1 Å². The van der Waals surface area contributed by atoms with E-state index in [0.29, 0.717) is 33.3 Å². The molecule has 0 aliphatic heterocycles. The van der Waals surface area contributed by atoms with E-state index in [1.165, 1.54) is 0 Å². The minimum atomic E-state index is -0.922. The molecule has 0 fully saturated rings. The zero-order valence-electron chi connectivity index (χ0n) is 30.7. The Labute approximate surface area is 306 Å². The monoisotopic (exact) mass is 702 g/mol. The van der Waals surface area contributed by atoms with Crippen LogP contribution in [0.2, 0.25) is 0 Å². The maximum Gasteiger partial charge on any atom is 0.291 e. The van der Waals surface area contributed by atoms with Crippen LogP contribution < -0.4 is 11.0 Å². The zero-order chi connectivity index (χ0) is 37.5. The SMILES string of the molecule is CCCCC(CC)CN(CC(CC)CCCC)C(=O)c1ccc(/N=N/c2c(-c3ccccc3)c(C#N)c(=O)n(NC(=O)c3ccccc3)c2O)cc1. The Bertz CT molecular complexity index is 1880. The number of rotatable bonds is 18. The maximum absolute atomic E-state index is 14.0. The van der Waals surface area contributed by atoms with Crippen molar-refractivity contribution < 1.29 is 14.7 Å². The van der Waals surface area contributed by atoms with Gasteiger partial charge in [0, 0.05) is 29.8 Å². The molecule has 0 aliphatic carbocycles. The van der Waals surface area contributed by atoms with E-state index in [-0.39, 0.29) is 28.3 Å². The van der Waals surface area contributed by atoms with Crippen molar-refractivity contribution in [2.45, 2.75) is 79.1 Å². The van der Waals surface area contributed by atoms with Crippen LogP contribution in [0, 0.1) is 23.2 Å². The molecule has 0 radical (unpaired) electrons. The fraction of sp³-hybridized carbons (Fsp3) is 0.381. The van der Waals surface area contributed by atoms with Gasteiger partial charge in [-0.05, 0) is 66.6 Å². The van der Waals surface area contributed by atoms with Gasteiger partial charge in [0.05, 0.1) is 5.69 Å². The predicted octanol–water partition coefficient (Wildman–Crippen LogP) is 9.77. The lowest BCUT2D eigenvalue weighted by molar-refractivity contribution is 0.0684. The van der Waals surface area contributed by atoms with Crippen LogP contribution in [-0.4, -0.2) is 39.6 Å². The Hall–Kier alpha value is -5.56. The van der Waals surface area contributed by atoms with Gasteiger partial charge in [0.25, 0.3) is 17.4 Å². The van der Waals surface area contributed by atoms with Crippen LogP contribution >= 0.6 is 0 Å². The van der Waals surface area contributed by atoms with E-state index in [0.717, 1.165) is 64.5 Å². The number of nitrogens with zero attached hydrogens (tertiary/aromatic N) is 5. The standard InChI is InChI=1S/C42H50N6O4/c1-5-9-17-30(7-3)28-47(29-31(8-4)18-10-6-2)40(50)34-23-25-35(26-24-34)44-45-38-37(32-19-13-11-14-20-32)36(27-43)41(51)48(42(38)52)46-39(49)33-21-15-12-16-22-33/h11-16,19-26,30-31,52H,5-10,17-18,28-29H2,1-4H3,(H,46,49)/b45-44+. The summed E-state index contributed by atoms with van der Waals surface area (Å²) in [6.07, 6.45) is 8.75. The Balaban J connectivity index is 1.70. The second-order valence-electron chi connectivity index (χ2n) is 13.1. The topological polar surface area (TPSA) is 140 Å². The van der Waals surface area contributed by atoms with Crippen LogP contribution in [0.15, 0.2) is 100.0 Å². The number of nitriles is 1. The van der Waals surface area contributed by atoms with Gasteiger partial charge < -0.3 is 10.0 Å². The summed E-state index contributed by atoms with van der Waals surface area (Å²) in [5, 5.41) is 30.2. The molecule has 4 rings (SSSR count). The van der Waals surface area contributed by atoms with Crippen molar-refractivity contribution in [2.75, 3.05) is 18.5 Å². The first-order valence-electron chi connectivity index (χ1n) is 18.4. The van der Waals surface area contributed by atoms with Crippen LogP contribution in [0.3, 0.4) is 0 Å². The molecule has 272 valence electrons. The molecule has 4 aromatic rings. The van der Waals surface area contributed by atoms with Gasteiger partial charge >= 0.3 is 0 Å². The number of pyridine rings is 1. The van der Waals surface area contributed by atoms with E-state index >= 15 is 0 Å². The van der Waals surface area contributed by atoms with E-state index in [2.05, 4.69) is 43.3 Å². The third kappa shape index (κ3) is 10.0. The molecule has 10 heteroatoms. The lowest BCUT2D eigenvalue weighted by atomic mass is 9.95. The Morgan fingerprint density at radius 1 is 0.808 bits per heavy atom. The molecular weight excluding hydrogens is 653 g/mol. The van der Waals surface area contributed by atoms with E-state index in [1.807, 2.05) is 11.0 Å². The molecule has 0 saturated heterocycles. The van der Waals surface area contributed by atoms with Gasteiger partial charge in [0.2, 0.25) is 5.88 Å². The largest absolute Gasteiger partial charge is 0.492 e. The van der Waals surface area contributed by atoms with Gasteiger partial charge in [0.1, 0.15) is 11.6 Å². The number of nitrogens with one attached hydrogen (secondary N) is 1. The number of hydrogen-bond acceptors (Lipinski definition) is 7. The minimum absolute atomic E-state index is 0.0164. The molecule has 2 N–H and O–H groups in total. The van der Waals surface area contributed by atoms with E-state index in [4.69, 9.17) is 0 Å². The Kier molecular flexibility index (Phi) is 14.9. The molecule has 2 amide bonds. The summed E-state index contributed by atoms with van der Waals surface area (Å²) in [7, 11) is 0. The molecule has 0 aliphatic rings. The summed E-state index contributed by atoms with van der Waals surface area (Å²) in [5.41, 5.74) is 2.66. The highest BCUT2D eigenvalue weighted by Gasteiger charge is 2.25. The van der Waals surface area contributed by atoms with Crippen LogP contribution in [-0.2, 0) is 0 Å². The third-order valence-corrected chi connectivity index (χ3v) is 9.46. The molecule has 2 atom stereocenters. The predicted molar refractivity (Wildman–Crippen MR) is 206 cm³/mol. The van der Waals surface area contributed by atoms with Crippen LogP contribution in [0.4, 0.5) is 11.4 Å². The fourth-order valence-corrected chi connectivity index (χ4v) is 6.25. The molecule has 1 heterocycles. The molecule has 1 aromatic heterocycles. The summed E-state index contributed by atoms with van der Waals surface area (Å²) in [6, 6.07) is 25.5. The van der Waals surface area contributed by atoms with Gasteiger partial charge in [-0.25, -0.2) is 0 Å². The third-order valence-electron chi connectivity index (χ3n) is 9.46. The summed E-state index contributed by atoms with van der Waals surface area (Å²) in [6.45, 7) is 10.2. The summed E-state index contributed by atoms with van der Waals surface area (Å²) in [5.74, 6) is -0.507. The zero-order valence-corrected chi connectivity index (χ0v) is 30.7. The molecule has 10 nitrogen and oxygen atoms in total. The van der Waals surface area contributed by atoms with Crippen molar-refractivity contribution in [2.24, 2.45) is 22.1 Å². The highest BCUT2D eigenvalue weighted by Crippen LogP contribution is 2.39. The molecule has 2 unspecified atom stereocenters. The fourth-order valence-electron chi connectivity index (χ4n) is 6.25. The Morgan fingerprint density at radius 3 is 1.88 bits per heavy atom. The van der Waals surface area contributed by atoms with E-state index < -0.39 is 17.3 Å². The number of aromatic nitrogens is 1. The lowest BCUT2D eigenvalue weighted by Crippen LogP contribution is -2.39. The first-order valence-corrected chi connectivity index (χ1v) is 18.4. The van der Waals surface area contributed by atoms with Crippen molar-refractivity contribution in [1.82, 2.24) is 9.58 Å². The Morgan fingerprint density at radius 2 is 1.37 bits per heavy atom. The second-order valence-corrected chi connectivity index (χ2v) is 13.1. The lowest BCUT2D eigenvalue weighted by Gasteiger charge is -2.31.